The number of H-pyrrole nitrogens is 1. The second-order valence-corrected chi connectivity index (χ2v) is 6.45. The predicted molar refractivity (Wildman–Crippen MR) is 96.5 cm³/mol. The molecule has 0 saturated carbocycles. The third kappa shape index (κ3) is 3.68. The zero-order valence-electron chi connectivity index (χ0n) is 15.0. The second-order valence-electron chi connectivity index (χ2n) is 6.45. The van der Waals surface area contributed by atoms with Crippen LogP contribution in [0.1, 0.15) is 31.2 Å². The minimum Gasteiger partial charge on any atom is -0.356 e. The molecule has 138 valence electrons. The Labute approximate surface area is 151 Å². The van der Waals surface area contributed by atoms with Gasteiger partial charge in [0.1, 0.15) is 11.9 Å². The fourth-order valence-electron chi connectivity index (χ4n) is 3.07. The number of imidazole rings is 1. The smallest absolute Gasteiger partial charge is 0.324 e. The standard InChI is InChI=1S/C18H23N5O3/c1-3-9-23-17(25)13(21-18(23)26)10-15(24)19-8-7-14-20-12-6-4-5-11(2)16(12)22-14/h4-6,13H,3,7-10H2,1-2H3,(H,19,24)(H,20,22)(H,21,26)/t13-/m1/s1. The Hall–Kier alpha value is -2.90. The highest BCUT2D eigenvalue weighted by molar-refractivity contribution is 6.05. The molecule has 3 N–H and O–H groups in total. The van der Waals surface area contributed by atoms with Gasteiger partial charge in [0.25, 0.3) is 5.91 Å². The molecule has 0 aliphatic carbocycles. The van der Waals surface area contributed by atoms with Crippen molar-refractivity contribution in [2.75, 3.05) is 13.1 Å². The van der Waals surface area contributed by atoms with Crippen molar-refractivity contribution < 1.29 is 14.4 Å². The van der Waals surface area contributed by atoms with Gasteiger partial charge in [-0.25, -0.2) is 9.78 Å². The molecule has 1 atom stereocenters. The van der Waals surface area contributed by atoms with E-state index in [-0.39, 0.29) is 18.2 Å². The summed E-state index contributed by atoms with van der Waals surface area (Å²) in [6, 6.07) is 4.74. The second kappa shape index (κ2) is 7.55. The first-order chi connectivity index (χ1) is 12.5. The van der Waals surface area contributed by atoms with Crippen molar-refractivity contribution >= 4 is 28.9 Å². The lowest BCUT2D eigenvalue weighted by molar-refractivity contribution is -0.130. The zero-order chi connectivity index (χ0) is 18.7. The number of aryl methyl sites for hydroxylation is 1. The largest absolute Gasteiger partial charge is 0.356 e. The molecule has 0 radical (unpaired) electrons. The van der Waals surface area contributed by atoms with Crippen molar-refractivity contribution in [1.29, 1.82) is 0 Å². The van der Waals surface area contributed by atoms with Gasteiger partial charge in [0, 0.05) is 19.5 Å². The first-order valence-electron chi connectivity index (χ1n) is 8.82. The van der Waals surface area contributed by atoms with Gasteiger partial charge in [-0.3, -0.25) is 14.5 Å². The number of benzene rings is 1. The highest BCUT2D eigenvalue weighted by Gasteiger charge is 2.38. The number of nitrogens with zero attached hydrogens (tertiary/aromatic N) is 2. The quantitative estimate of drug-likeness (QED) is 0.648. The maximum Gasteiger partial charge on any atom is 0.324 e. The molecule has 1 aromatic carbocycles. The van der Waals surface area contributed by atoms with Crippen LogP contribution in [0.3, 0.4) is 0 Å². The molecular weight excluding hydrogens is 334 g/mol. The number of hydrogen-bond donors (Lipinski definition) is 3. The zero-order valence-corrected chi connectivity index (χ0v) is 15.0. The van der Waals surface area contributed by atoms with Crippen LogP contribution >= 0.6 is 0 Å². The minimum absolute atomic E-state index is 0.0516. The molecule has 8 nitrogen and oxygen atoms in total. The number of amides is 4. The van der Waals surface area contributed by atoms with Crippen LogP contribution in [-0.2, 0) is 16.0 Å². The van der Waals surface area contributed by atoms with Crippen molar-refractivity contribution in [2.45, 2.75) is 39.2 Å². The Morgan fingerprint density at radius 1 is 1.35 bits per heavy atom. The van der Waals surface area contributed by atoms with E-state index in [0.717, 1.165) is 27.3 Å². The fourth-order valence-corrected chi connectivity index (χ4v) is 3.07. The fraction of sp³-hybridized carbons (Fsp3) is 0.444. The molecule has 4 amide bonds. The van der Waals surface area contributed by atoms with Crippen molar-refractivity contribution in [2.24, 2.45) is 0 Å². The minimum atomic E-state index is -0.775. The molecular formula is C18H23N5O3. The van der Waals surface area contributed by atoms with Crippen LogP contribution in [0.5, 0.6) is 0 Å². The van der Waals surface area contributed by atoms with Crippen molar-refractivity contribution in [3.05, 3.63) is 29.6 Å². The van der Waals surface area contributed by atoms with Crippen molar-refractivity contribution in [1.82, 2.24) is 25.5 Å². The van der Waals surface area contributed by atoms with Gasteiger partial charge >= 0.3 is 6.03 Å². The van der Waals surface area contributed by atoms with E-state index in [1.54, 1.807) is 0 Å². The molecule has 1 fully saturated rings. The maximum atomic E-state index is 12.1. The molecule has 8 heteroatoms. The Kier molecular flexibility index (Phi) is 5.20. The third-order valence-electron chi connectivity index (χ3n) is 4.39. The van der Waals surface area contributed by atoms with Gasteiger partial charge in [0.15, 0.2) is 0 Å². The van der Waals surface area contributed by atoms with Gasteiger partial charge in [-0.2, -0.15) is 0 Å². The lowest BCUT2D eigenvalue weighted by Crippen LogP contribution is -2.37. The van der Waals surface area contributed by atoms with Crippen LogP contribution in [0.25, 0.3) is 11.0 Å². The SMILES string of the molecule is CCCN1C(=O)N[C@H](CC(=O)NCCc2nc3c(C)cccc3[nH]2)C1=O. The summed E-state index contributed by atoms with van der Waals surface area (Å²) in [7, 11) is 0. The Morgan fingerprint density at radius 3 is 2.88 bits per heavy atom. The number of imide groups is 1. The summed E-state index contributed by atoms with van der Waals surface area (Å²) in [6.07, 6.45) is 1.20. The molecule has 0 spiro atoms. The molecule has 1 aliphatic rings. The summed E-state index contributed by atoms with van der Waals surface area (Å²) < 4.78 is 0. The molecule has 2 aromatic rings. The van der Waals surface area contributed by atoms with Crippen LogP contribution in [0.2, 0.25) is 0 Å². The molecule has 1 aromatic heterocycles. The topological polar surface area (TPSA) is 107 Å². The van der Waals surface area contributed by atoms with Gasteiger partial charge in [-0.05, 0) is 25.0 Å². The number of aromatic nitrogens is 2. The normalized spacial score (nSPS) is 17.0. The molecule has 3 rings (SSSR count). The van der Waals surface area contributed by atoms with E-state index in [1.165, 1.54) is 0 Å². The van der Waals surface area contributed by atoms with E-state index in [1.807, 2.05) is 32.0 Å². The van der Waals surface area contributed by atoms with Gasteiger partial charge in [0.2, 0.25) is 5.91 Å². The Morgan fingerprint density at radius 2 is 2.15 bits per heavy atom. The van der Waals surface area contributed by atoms with E-state index < -0.39 is 12.1 Å². The number of carbonyl (C=O) groups excluding carboxylic acids is 3. The summed E-state index contributed by atoms with van der Waals surface area (Å²) in [5.41, 5.74) is 3.01. The number of rotatable bonds is 7. The van der Waals surface area contributed by atoms with E-state index >= 15 is 0 Å². The number of para-hydroxylation sites is 1. The lowest BCUT2D eigenvalue weighted by atomic mass is 10.2. The van der Waals surface area contributed by atoms with E-state index in [4.69, 9.17) is 0 Å². The van der Waals surface area contributed by atoms with Crippen molar-refractivity contribution in [3.63, 3.8) is 0 Å². The van der Waals surface area contributed by atoms with Gasteiger partial charge in [-0.1, -0.05) is 19.1 Å². The number of carbonyl (C=O) groups is 3. The summed E-state index contributed by atoms with van der Waals surface area (Å²) in [6.45, 7) is 4.67. The van der Waals surface area contributed by atoms with Crippen molar-refractivity contribution in [3.8, 4) is 0 Å². The van der Waals surface area contributed by atoms with E-state index in [9.17, 15) is 14.4 Å². The van der Waals surface area contributed by atoms with Crippen LogP contribution in [-0.4, -0.2) is 51.8 Å². The van der Waals surface area contributed by atoms with Crippen LogP contribution in [0.4, 0.5) is 4.79 Å². The van der Waals surface area contributed by atoms with Gasteiger partial charge in [0.05, 0.1) is 17.5 Å². The summed E-state index contributed by atoms with van der Waals surface area (Å²) in [5, 5.41) is 5.34. The highest BCUT2D eigenvalue weighted by atomic mass is 16.2. The Bertz CT molecular complexity index is 844. The van der Waals surface area contributed by atoms with Gasteiger partial charge < -0.3 is 15.6 Å². The number of nitrogens with one attached hydrogen (secondary N) is 3. The van der Waals surface area contributed by atoms with Crippen LogP contribution in [0, 0.1) is 6.92 Å². The Balaban J connectivity index is 1.49. The average molecular weight is 357 g/mol. The molecule has 1 saturated heterocycles. The number of fused-ring (bicyclic) bond motifs is 1. The summed E-state index contributed by atoms with van der Waals surface area (Å²) >= 11 is 0. The summed E-state index contributed by atoms with van der Waals surface area (Å²) in [4.78, 5) is 44.8. The molecule has 0 unspecified atom stereocenters. The number of aromatic amines is 1. The lowest BCUT2D eigenvalue weighted by Gasteiger charge is -2.11. The molecule has 0 bridgehead atoms. The maximum absolute atomic E-state index is 12.1. The molecule has 2 heterocycles. The molecule has 26 heavy (non-hydrogen) atoms. The predicted octanol–water partition coefficient (Wildman–Crippen LogP) is 1.25. The monoisotopic (exact) mass is 357 g/mol. The van der Waals surface area contributed by atoms with Gasteiger partial charge in [-0.15, -0.1) is 0 Å². The average Bonchev–Trinajstić information content (AvgIpc) is 3.12. The first-order valence-corrected chi connectivity index (χ1v) is 8.82. The van der Waals surface area contributed by atoms with Crippen LogP contribution < -0.4 is 10.6 Å². The van der Waals surface area contributed by atoms with E-state index in [0.29, 0.717) is 25.9 Å². The third-order valence-corrected chi connectivity index (χ3v) is 4.39. The van der Waals surface area contributed by atoms with E-state index in [2.05, 4.69) is 20.6 Å². The summed E-state index contributed by atoms with van der Waals surface area (Å²) in [5.74, 6) is 0.197. The molecule has 1 aliphatic heterocycles. The van der Waals surface area contributed by atoms with Crippen LogP contribution in [0.15, 0.2) is 18.2 Å². The first kappa shape index (κ1) is 17.9. The number of hydrogen-bond acceptors (Lipinski definition) is 4. The highest BCUT2D eigenvalue weighted by Crippen LogP contribution is 2.15. The number of urea groups is 1.